The lowest BCUT2D eigenvalue weighted by Crippen LogP contribution is -2.52. The summed E-state index contributed by atoms with van der Waals surface area (Å²) in [4.78, 5) is 27.8. The number of hydrogen-bond acceptors (Lipinski definition) is 6. The van der Waals surface area contributed by atoms with Gasteiger partial charge in [-0.1, -0.05) is 0 Å². The number of methoxy groups -OCH3 is 1. The third kappa shape index (κ3) is 4.94. The van der Waals surface area contributed by atoms with Gasteiger partial charge >= 0.3 is 0 Å². The minimum absolute atomic E-state index is 0.0297. The van der Waals surface area contributed by atoms with Gasteiger partial charge in [0.25, 0.3) is 0 Å². The first-order chi connectivity index (χ1) is 12.6. The van der Waals surface area contributed by atoms with Crippen LogP contribution in [0.5, 0.6) is 0 Å². The fourth-order valence-corrected chi connectivity index (χ4v) is 3.95. The summed E-state index contributed by atoms with van der Waals surface area (Å²) in [5, 5.41) is 0. The van der Waals surface area contributed by atoms with E-state index in [-0.39, 0.29) is 36.7 Å². The van der Waals surface area contributed by atoms with E-state index in [4.69, 9.17) is 18.9 Å². The Labute approximate surface area is 154 Å². The number of morpholine rings is 1. The summed E-state index contributed by atoms with van der Waals surface area (Å²) in [6, 6.07) is 0. The Morgan fingerprint density at radius 3 is 2.35 bits per heavy atom. The normalized spacial score (nSPS) is 26.1. The Bertz CT molecular complexity index is 486. The molecule has 3 saturated heterocycles. The van der Waals surface area contributed by atoms with Gasteiger partial charge in [0.1, 0.15) is 13.2 Å². The number of carbonyl (C=O) groups excluding carboxylic acids is 2. The van der Waals surface area contributed by atoms with Crippen molar-refractivity contribution in [3.8, 4) is 0 Å². The fourth-order valence-electron chi connectivity index (χ4n) is 3.95. The maximum Gasteiger partial charge on any atom is 0.248 e. The lowest BCUT2D eigenvalue weighted by atomic mass is 9.83. The molecule has 8 heteroatoms. The summed E-state index contributed by atoms with van der Waals surface area (Å²) >= 11 is 0. The average Bonchev–Trinajstić information content (AvgIpc) is 2.68. The molecule has 0 saturated carbocycles. The summed E-state index contributed by atoms with van der Waals surface area (Å²) in [6.45, 7) is 4.75. The van der Waals surface area contributed by atoms with Crippen LogP contribution in [0.15, 0.2) is 0 Å². The molecule has 1 spiro atoms. The third-order valence-electron chi connectivity index (χ3n) is 5.55. The zero-order chi connectivity index (χ0) is 18.4. The number of piperidine rings is 1. The molecule has 26 heavy (non-hydrogen) atoms. The zero-order valence-electron chi connectivity index (χ0n) is 15.6. The summed E-state index contributed by atoms with van der Waals surface area (Å²) in [6.07, 6.45) is 3.24. The smallest absolute Gasteiger partial charge is 0.248 e. The van der Waals surface area contributed by atoms with Gasteiger partial charge in [0.15, 0.2) is 0 Å². The molecule has 3 heterocycles. The quantitative estimate of drug-likeness (QED) is 0.681. The first-order valence-corrected chi connectivity index (χ1v) is 9.50. The molecule has 0 aromatic heterocycles. The minimum atomic E-state index is -0.227. The van der Waals surface area contributed by atoms with Crippen molar-refractivity contribution in [3.63, 3.8) is 0 Å². The molecule has 3 aliphatic rings. The SMILES string of the molecule is COCC(=O)N1CCC2(CC1)CC(OCC(=O)N1CCOCC1)CCO2. The second-order valence-corrected chi connectivity index (χ2v) is 7.26. The van der Waals surface area contributed by atoms with Crippen LogP contribution in [0.2, 0.25) is 0 Å². The molecule has 0 radical (unpaired) electrons. The molecule has 0 N–H and O–H groups in total. The van der Waals surface area contributed by atoms with E-state index in [1.165, 1.54) is 7.11 Å². The zero-order valence-corrected chi connectivity index (χ0v) is 15.6. The van der Waals surface area contributed by atoms with E-state index in [2.05, 4.69) is 0 Å². The number of hydrogen-bond donors (Lipinski definition) is 0. The molecule has 2 amide bonds. The standard InChI is InChI=1S/C18H30N2O6/c1-23-13-16(21)19-5-3-18(4-6-19)12-15(2-9-26-18)25-14-17(22)20-7-10-24-11-8-20/h15H,2-14H2,1H3. The third-order valence-corrected chi connectivity index (χ3v) is 5.55. The number of amides is 2. The van der Waals surface area contributed by atoms with Crippen LogP contribution in [0.4, 0.5) is 0 Å². The monoisotopic (exact) mass is 370 g/mol. The lowest BCUT2D eigenvalue weighted by molar-refractivity contribution is -0.168. The van der Waals surface area contributed by atoms with Gasteiger partial charge in [-0.2, -0.15) is 0 Å². The average molecular weight is 370 g/mol. The summed E-state index contributed by atoms with van der Waals surface area (Å²) in [7, 11) is 1.54. The van der Waals surface area contributed by atoms with Crippen LogP contribution < -0.4 is 0 Å². The molecule has 0 aromatic rings. The van der Waals surface area contributed by atoms with Crippen LogP contribution in [-0.4, -0.2) is 99.6 Å². The Morgan fingerprint density at radius 2 is 1.65 bits per heavy atom. The molecule has 8 nitrogen and oxygen atoms in total. The molecular weight excluding hydrogens is 340 g/mol. The van der Waals surface area contributed by atoms with Gasteiger partial charge in [0.2, 0.25) is 11.8 Å². The number of nitrogens with zero attached hydrogens (tertiary/aromatic N) is 2. The van der Waals surface area contributed by atoms with Crippen molar-refractivity contribution >= 4 is 11.8 Å². The molecule has 3 aliphatic heterocycles. The predicted molar refractivity (Wildman–Crippen MR) is 92.7 cm³/mol. The van der Waals surface area contributed by atoms with Crippen LogP contribution in [0.3, 0.4) is 0 Å². The molecule has 1 unspecified atom stereocenters. The minimum Gasteiger partial charge on any atom is -0.378 e. The maximum atomic E-state index is 12.2. The van der Waals surface area contributed by atoms with Crippen LogP contribution >= 0.6 is 0 Å². The van der Waals surface area contributed by atoms with E-state index < -0.39 is 0 Å². The molecule has 3 rings (SSSR count). The van der Waals surface area contributed by atoms with Crippen molar-refractivity contribution in [1.82, 2.24) is 9.80 Å². The van der Waals surface area contributed by atoms with E-state index >= 15 is 0 Å². The molecule has 0 aromatic carbocycles. The molecule has 0 aliphatic carbocycles. The number of likely N-dealkylation sites (tertiary alicyclic amines) is 1. The van der Waals surface area contributed by atoms with Crippen LogP contribution in [0.1, 0.15) is 25.7 Å². The molecule has 0 bridgehead atoms. The van der Waals surface area contributed by atoms with E-state index in [0.29, 0.717) is 46.0 Å². The predicted octanol–water partition coefficient (Wildman–Crippen LogP) is 0.0484. The number of ether oxygens (including phenoxy) is 4. The van der Waals surface area contributed by atoms with Crippen molar-refractivity contribution < 1.29 is 28.5 Å². The molecule has 1 atom stereocenters. The van der Waals surface area contributed by atoms with Gasteiger partial charge in [0, 0.05) is 46.3 Å². The van der Waals surface area contributed by atoms with E-state index in [1.54, 1.807) is 4.90 Å². The topological polar surface area (TPSA) is 77.5 Å². The van der Waals surface area contributed by atoms with Crippen molar-refractivity contribution in [2.75, 3.05) is 66.3 Å². The highest BCUT2D eigenvalue weighted by molar-refractivity contribution is 5.78. The Balaban J connectivity index is 1.44. The van der Waals surface area contributed by atoms with Crippen molar-refractivity contribution in [3.05, 3.63) is 0 Å². The van der Waals surface area contributed by atoms with Gasteiger partial charge in [-0.25, -0.2) is 0 Å². The van der Waals surface area contributed by atoms with Gasteiger partial charge in [-0.3, -0.25) is 9.59 Å². The molecule has 148 valence electrons. The van der Waals surface area contributed by atoms with Crippen molar-refractivity contribution in [2.45, 2.75) is 37.4 Å². The van der Waals surface area contributed by atoms with Gasteiger partial charge in [-0.05, 0) is 19.3 Å². The first kappa shape index (κ1) is 19.5. The highest BCUT2D eigenvalue weighted by Crippen LogP contribution is 2.36. The van der Waals surface area contributed by atoms with Crippen molar-refractivity contribution in [2.24, 2.45) is 0 Å². The lowest BCUT2D eigenvalue weighted by Gasteiger charge is -2.46. The van der Waals surface area contributed by atoms with E-state index in [1.807, 2.05) is 4.90 Å². The summed E-state index contributed by atoms with van der Waals surface area (Å²) in [5.74, 6) is 0.0656. The number of rotatable bonds is 5. The first-order valence-electron chi connectivity index (χ1n) is 9.50. The summed E-state index contributed by atoms with van der Waals surface area (Å²) < 4.78 is 22.2. The van der Waals surface area contributed by atoms with Crippen LogP contribution in [0.25, 0.3) is 0 Å². The van der Waals surface area contributed by atoms with E-state index in [9.17, 15) is 9.59 Å². The van der Waals surface area contributed by atoms with Gasteiger partial charge < -0.3 is 28.7 Å². The maximum absolute atomic E-state index is 12.2. The molecule has 3 fully saturated rings. The van der Waals surface area contributed by atoms with Gasteiger partial charge in [-0.15, -0.1) is 0 Å². The van der Waals surface area contributed by atoms with Gasteiger partial charge in [0.05, 0.1) is 24.9 Å². The van der Waals surface area contributed by atoms with E-state index in [0.717, 1.165) is 25.7 Å². The largest absolute Gasteiger partial charge is 0.378 e. The molecular formula is C18H30N2O6. The van der Waals surface area contributed by atoms with Crippen molar-refractivity contribution in [1.29, 1.82) is 0 Å². The second kappa shape index (κ2) is 9.12. The van der Waals surface area contributed by atoms with Crippen LogP contribution in [0, 0.1) is 0 Å². The Morgan fingerprint density at radius 1 is 1.00 bits per heavy atom. The Hall–Kier alpha value is -1.22. The number of carbonyl (C=O) groups is 2. The highest BCUT2D eigenvalue weighted by Gasteiger charge is 2.41. The highest BCUT2D eigenvalue weighted by atomic mass is 16.5. The van der Waals surface area contributed by atoms with Crippen LogP contribution in [-0.2, 0) is 28.5 Å². The fraction of sp³-hybridized carbons (Fsp3) is 0.889. The Kier molecular flexibility index (Phi) is 6.86. The second-order valence-electron chi connectivity index (χ2n) is 7.26. The summed E-state index contributed by atoms with van der Waals surface area (Å²) in [5.41, 5.74) is -0.227.